The largest absolute Gasteiger partial charge is 0.352 e. The Bertz CT molecular complexity index is 497. The minimum atomic E-state index is -0.0768. The third kappa shape index (κ3) is 3.20. The van der Waals surface area contributed by atoms with E-state index in [0.717, 1.165) is 36.9 Å². The molecule has 1 aromatic heterocycles. The third-order valence-corrected chi connectivity index (χ3v) is 4.26. The summed E-state index contributed by atoms with van der Waals surface area (Å²) in [5.74, 6) is 2.49. The van der Waals surface area contributed by atoms with E-state index in [2.05, 4.69) is 21.8 Å². The molecule has 0 bridgehead atoms. The lowest BCUT2D eigenvalue weighted by Crippen LogP contribution is -2.47. The van der Waals surface area contributed by atoms with E-state index in [4.69, 9.17) is 5.73 Å². The van der Waals surface area contributed by atoms with Crippen LogP contribution >= 0.6 is 0 Å². The van der Waals surface area contributed by atoms with E-state index >= 15 is 0 Å². The zero-order valence-electron chi connectivity index (χ0n) is 12.7. The number of hydrogen-bond donors (Lipinski definition) is 2. The first-order chi connectivity index (χ1) is 9.55. The maximum absolute atomic E-state index is 11.8. The van der Waals surface area contributed by atoms with Gasteiger partial charge < -0.3 is 15.6 Å². The van der Waals surface area contributed by atoms with Gasteiger partial charge in [-0.3, -0.25) is 4.79 Å². The molecule has 0 spiro atoms. The van der Waals surface area contributed by atoms with Crippen LogP contribution < -0.4 is 16.2 Å². The van der Waals surface area contributed by atoms with Crippen LogP contribution in [-0.4, -0.2) is 29.1 Å². The van der Waals surface area contributed by atoms with Gasteiger partial charge in [0.2, 0.25) is 0 Å². The summed E-state index contributed by atoms with van der Waals surface area (Å²) >= 11 is 0. The van der Waals surface area contributed by atoms with Crippen molar-refractivity contribution in [2.45, 2.75) is 52.0 Å². The monoisotopic (exact) mass is 278 g/mol. The van der Waals surface area contributed by atoms with Gasteiger partial charge in [-0.1, -0.05) is 27.2 Å². The van der Waals surface area contributed by atoms with Crippen LogP contribution in [0.2, 0.25) is 0 Å². The van der Waals surface area contributed by atoms with Crippen molar-refractivity contribution < 1.29 is 0 Å². The van der Waals surface area contributed by atoms with E-state index in [0.29, 0.717) is 12.6 Å². The van der Waals surface area contributed by atoms with Gasteiger partial charge in [-0.05, 0) is 18.8 Å². The highest BCUT2D eigenvalue weighted by Gasteiger charge is 2.28. The Kier molecular flexibility index (Phi) is 4.81. The fourth-order valence-electron chi connectivity index (χ4n) is 2.91. The van der Waals surface area contributed by atoms with Gasteiger partial charge >= 0.3 is 0 Å². The smallest absolute Gasteiger partial charge is 0.252 e. The molecule has 3 N–H and O–H groups in total. The van der Waals surface area contributed by atoms with Gasteiger partial charge in [-0.2, -0.15) is 0 Å². The van der Waals surface area contributed by atoms with E-state index in [-0.39, 0.29) is 11.5 Å². The number of anilines is 1. The van der Waals surface area contributed by atoms with Gasteiger partial charge in [0.15, 0.2) is 0 Å². The van der Waals surface area contributed by atoms with Crippen LogP contribution in [0.25, 0.3) is 0 Å². The van der Waals surface area contributed by atoms with Crippen molar-refractivity contribution in [2.24, 2.45) is 11.7 Å². The summed E-state index contributed by atoms with van der Waals surface area (Å²) in [6.45, 7) is 7.85. The van der Waals surface area contributed by atoms with Gasteiger partial charge in [-0.15, -0.1) is 0 Å². The number of nitrogens with two attached hydrogens (primary N) is 1. The summed E-state index contributed by atoms with van der Waals surface area (Å²) in [6.07, 6.45) is 3.45. The van der Waals surface area contributed by atoms with E-state index in [9.17, 15) is 4.79 Å². The quantitative estimate of drug-likeness (QED) is 0.881. The zero-order chi connectivity index (χ0) is 14.7. The second-order valence-electron chi connectivity index (χ2n) is 6.03. The summed E-state index contributed by atoms with van der Waals surface area (Å²) in [5.41, 5.74) is 5.85. The molecule has 0 amide bonds. The summed E-state index contributed by atoms with van der Waals surface area (Å²) < 4.78 is 0. The van der Waals surface area contributed by atoms with Crippen LogP contribution in [0.15, 0.2) is 10.9 Å². The predicted octanol–water partition coefficient (Wildman–Crippen LogP) is 1.85. The minimum absolute atomic E-state index is 0.0768. The Labute approximate surface area is 120 Å². The van der Waals surface area contributed by atoms with Crippen LogP contribution in [0.5, 0.6) is 0 Å². The van der Waals surface area contributed by atoms with Crippen LogP contribution in [-0.2, 0) is 0 Å². The Morgan fingerprint density at radius 1 is 1.55 bits per heavy atom. The lowest BCUT2D eigenvalue weighted by Gasteiger charge is -2.39. The minimum Gasteiger partial charge on any atom is -0.352 e. The Morgan fingerprint density at radius 3 is 2.90 bits per heavy atom. The highest BCUT2D eigenvalue weighted by Crippen LogP contribution is 2.28. The van der Waals surface area contributed by atoms with E-state index in [1.165, 1.54) is 6.42 Å². The number of hydrogen-bond acceptors (Lipinski definition) is 4. The molecule has 0 radical (unpaired) electrons. The zero-order valence-corrected chi connectivity index (χ0v) is 12.7. The molecule has 1 fully saturated rings. The first-order valence-corrected chi connectivity index (χ1v) is 7.63. The highest BCUT2D eigenvalue weighted by atomic mass is 16.1. The lowest BCUT2D eigenvalue weighted by molar-refractivity contribution is 0.334. The molecule has 2 rings (SSSR count). The predicted molar refractivity (Wildman–Crippen MR) is 82.2 cm³/mol. The first-order valence-electron chi connectivity index (χ1n) is 7.63. The van der Waals surface area contributed by atoms with Crippen molar-refractivity contribution in [3.05, 3.63) is 22.2 Å². The highest BCUT2D eigenvalue weighted by molar-refractivity contribution is 5.40. The molecule has 0 aromatic carbocycles. The molecule has 0 saturated carbocycles. The molecule has 0 aliphatic carbocycles. The third-order valence-electron chi connectivity index (χ3n) is 4.26. The molecule has 112 valence electrons. The molecule has 20 heavy (non-hydrogen) atoms. The van der Waals surface area contributed by atoms with Crippen molar-refractivity contribution >= 4 is 5.82 Å². The lowest BCUT2D eigenvalue weighted by atomic mass is 9.89. The van der Waals surface area contributed by atoms with Crippen molar-refractivity contribution in [1.29, 1.82) is 0 Å². The van der Waals surface area contributed by atoms with Crippen LogP contribution in [0.1, 0.15) is 51.8 Å². The Balaban J connectivity index is 2.28. The summed E-state index contributed by atoms with van der Waals surface area (Å²) in [4.78, 5) is 21.5. The Hall–Kier alpha value is -1.36. The summed E-state index contributed by atoms with van der Waals surface area (Å²) in [6, 6.07) is 1.89. The number of H-pyrrole nitrogens is 1. The average molecular weight is 278 g/mol. The molecule has 2 atom stereocenters. The summed E-state index contributed by atoms with van der Waals surface area (Å²) in [7, 11) is 0. The number of rotatable bonds is 4. The van der Waals surface area contributed by atoms with Gasteiger partial charge in [0.05, 0.1) is 0 Å². The molecule has 1 saturated heterocycles. The van der Waals surface area contributed by atoms with E-state index in [1.54, 1.807) is 6.07 Å². The van der Waals surface area contributed by atoms with Crippen molar-refractivity contribution in [1.82, 2.24) is 9.97 Å². The second kappa shape index (κ2) is 6.39. The number of aromatic amines is 1. The van der Waals surface area contributed by atoms with Crippen molar-refractivity contribution in [2.75, 3.05) is 18.0 Å². The first kappa shape index (κ1) is 15.0. The molecular weight excluding hydrogens is 252 g/mol. The number of nitrogens with one attached hydrogen (secondary N) is 1. The molecule has 5 nitrogen and oxygen atoms in total. The molecular formula is C15H26N4O. The van der Waals surface area contributed by atoms with Crippen LogP contribution in [0.4, 0.5) is 5.82 Å². The maximum atomic E-state index is 11.8. The van der Waals surface area contributed by atoms with Crippen molar-refractivity contribution in [3.8, 4) is 0 Å². The summed E-state index contributed by atoms with van der Waals surface area (Å²) in [5, 5.41) is 0. The molecule has 1 aromatic rings. The van der Waals surface area contributed by atoms with Gasteiger partial charge in [-0.25, -0.2) is 4.98 Å². The fourth-order valence-corrected chi connectivity index (χ4v) is 2.91. The normalized spacial score (nSPS) is 23.4. The number of piperidine rings is 1. The van der Waals surface area contributed by atoms with E-state index < -0.39 is 0 Å². The molecule has 1 aliphatic heterocycles. The maximum Gasteiger partial charge on any atom is 0.252 e. The average Bonchev–Trinajstić information content (AvgIpc) is 2.45. The van der Waals surface area contributed by atoms with Gasteiger partial charge in [0.25, 0.3) is 5.56 Å². The van der Waals surface area contributed by atoms with Crippen LogP contribution in [0, 0.1) is 5.92 Å². The molecule has 2 unspecified atom stereocenters. The van der Waals surface area contributed by atoms with Gasteiger partial charge in [0.1, 0.15) is 11.6 Å². The number of nitrogens with zero attached hydrogens (tertiary/aromatic N) is 2. The van der Waals surface area contributed by atoms with Crippen LogP contribution in [0.3, 0.4) is 0 Å². The molecule has 5 heteroatoms. The Morgan fingerprint density at radius 2 is 2.30 bits per heavy atom. The van der Waals surface area contributed by atoms with Crippen molar-refractivity contribution in [3.63, 3.8) is 0 Å². The SMILES string of the molecule is CCC1CCN(c2cc(=O)[nH]c(C(C)C)n2)C(CN)C1. The molecule has 1 aliphatic rings. The standard InChI is InChI=1S/C15H26N4O/c1-4-11-5-6-19(12(7-11)9-16)13-8-14(20)18-15(17-13)10(2)3/h8,10-12H,4-7,9,16H2,1-3H3,(H,17,18,20). The number of aromatic nitrogens is 2. The second-order valence-corrected chi connectivity index (χ2v) is 6.03. The topological polar surface area (TPSA) is 75.0 Å². The fraction of sp³-hybridized carbons (Fsp3) is 0.733. The van der Waals surface area contributed by atoms with Gasteiger partial charge in [0, 0.05) is 31.1 Å². The molecule has 2 heterocycles. The van der Waals surface area contributed by atoms with E-state index in [1.807, 2.05) is 13.8 Å².